The first-order chi connectivity index (χ1) is 11.4. The van der Waals surface area contributed by atoms with Crippen molar-refractivity contribution in [3.8, 4) is 0 Å². The number of hydrogen-bond donors (Lipinski definition) is 0. The molecule has 2 aliphatic rings. The average Bonchev–Trinajstić information content (AvgIpc) is 2.94. The summed E-state index contributed by atoms with van der Waals surface area (Å²) >= 11 is 0. The van der Waals surface area contributed by atoms with Crippen molar-refractivity contribution in [3.05, 3.63) is 34.8 Å². The van der Waals surface area contributed by atoms with Crippen LogP contribution in [0.5, 0.6) is 0 Å². The molecule has 2 heterocycles. The largest absolute Gasteiger partial charge is 0.341 e. The van der Waals surface area contributed by atoms with Crippen LogP contribution in [0.3, 0.4) is 0 Å². The number of benzene rings is 1. The molecule has 23 heavy (non-hydrogen) atoms. The molecule has 1 aliphatic carbocycles. The molecular formula is C21H28N2. The molecule has 0 amide bonds. The molecule has 2 aromatic rings. The number of rotatable bonds is 5. The molecule has 1 saturated heterocycles. The van der Waals surface area contributed by atoms with Crippen LogP contribution in [0.1, 0.15) is 44.9 Å². The van der Waals surface area contributed by atoms with Crippen LogP contribution in [0, 0.1) is 0 Å². The van der Waals surface area contributed by atoms with Gasteiger partial charge in [-0.2, -0.15) is 0 Å². The highest BCUT2D eigenvalue weighted by Gasteiger charge is 2.11. The molecule has 0 radical (unpaired) electrons. The third-order valence-electron chi connectivity index (χ3n) is 5.46. The summed E-state index contributed by atoms with van der Waals surface area (Å²) in [6, 6.07) is 8.93. The van der Waals surface area contributed by atoms with Crippen LogP contribution in [0.2, 0.25) is 0 Å². The summed E-state index contributed by atoms with van der Waals surface area (Å²) in [6.07, 6.45) is 14.1. The third-order valence-corrected chi connectivity index (χ3v) is 5.46. The monoisotopic (exact) mass is 308 g/mol. The molecular weight excluding hydrogens is 280 g/mol. The van der Waals surface area contributed by atoms with Crippen LogP contribution < -0.4 is 10.6 Å². The van der Waals surface area contributed by atoms with Gasteiger partial charge in [0.2, 0.25) is 0 Å². The third kappa shape index (κ3) is 3.10. The van der Waals surface area contributed by atoms with Crippen molar-refractivity contribution in [2.75, 3.05) is 19.6 Å². The van der Waals surface area contributed by atoms with Crippen molar-refractivity contribution in [2.45, 2.75) is 51.5 Å². The predicted molar refractivity (Wildman–Crippen MR) is 98.9 cm³/mol. The van der Waals surface area contributed by atoms with Gasteiger partial charge in [0.25, 0.3) is 0 Å². The highest BCUT2D eigenvalue weighted by Crippen LogP contribution is 2.13. The number of fused-ring (bicyclic) bond motifs is 3. The van der Waals surface area contributed by atoms with Gasteiger partial charge in [-0.15, -0.1) is 0 Å². The summed E-state index contributed by atoms with van der Waals surface area (Å²) in [5, 5.41) is 4.38. The lowest BCUT2D eigenvalue weighted by Crippen LogP contribution is -2.32. The van der Waals surface area contributed by atoms with Crippen molar-refractivity contribution in [2.24, 2.45) is 0 Å². The Bertz CT molecular complexity index is 778. The summed E-state index contributed by atoms with van der Waals surface area (Å²) in [4.78, 5) is 2.66. The summed E-state index contributed by atoms with van der Waals surface area (Å²) in [6.45, 7) is 5.10. The Balaban J connectivity index is 1.49. The molecule has 1 aliphatic heterocycles. The fourth-order valence-corrected chi connectivity index (χ4v) is 4.26. The van der Waals surface area contributed by atoms with Gasteiger partial charge >= 0.3 is 0 Å². The van der Waals surface area contributed by atoms with Crippen LogP contribution in [0.15, 0.2) is 24.3 Å². The van der Waals surface area contributed by atoms with Gasteiger partial charge in [0.15, 0.2) is 0 Å². The van der Waals surface area contributed by atoms with Crippen LogP contribution >= 0.6 is 0 Å². The van der Waals surface area contributed by atoms with Crippen LogP contribution in [-0.4, -0.2) is 29.1 Å². The lowest BCUT2D eigenvalue weighted by atomic mass is 10.1. The summed E-state index contributed by atoms with van der Waals surface area (Å²) in [5.41, 5.74) is 1.42. The van der Waals surface area contributed by atoms with E-state index in [1.807, 2.05) is 0 Å². The van der Waals surface area contributed by atoms with Crippen LogP contribution in [-0.2, 0) is 6.54 Å². The zero-order valence-corrected chi connectivity index (χ0v) is 14.1. The maximum Gasteiger partial charge on any atom is 0.0491 e. The van der Waals surface area contributed by atoms with Gasteiger partial charge in [0.05, 0.1) is 0 Å². The molecule has 0 N–H and O–H groups in total. The van der Waals surface area contributed by atoms with E-state index in [0.717, 1.165) is 6.54 Å². The average molecular weight is 308 g/mol. The molecule has 122 valence electrons. The van der Waals surface area contributed by atoms with E-state index in [1.165, 1.54) is 86.1 Å². The van der Waals surface area contributed by atoms with Gasteiger partial charge in [-0.05, 0) is 64.2 Å². The van der Waals surface area contributed by atoms with E-state index in [4.69, 9.17) is 0 Å². The lowest BCUT2D eigenvalue weighted by Gasteiger charge is -2.26. The van der Waals surface area contributed by atoms with Crippen molar-refractivity contribution in [1.29, 1.82) is 0 Å². The molecule has 1 aromatic carbocycles. The summed E-state index contributed by atoms with van der Waals surface area (Å²) in [7, 11) is 0. The van der Waals surface area contributed by atoms with Crippen molar-refractivity contribution in [1.82, 2.24) is 9.47 Å². The molecule has 0 bridgehead atoms. The zero-order valence-electron chi connectivity index (χ0n) is 14.1. The lowest BCUT2D eigenvalue weighted by molar-refractivity contribution is 0.223. The van der Waals surface area contributed by atoms with E-state index in [0.29, 0.717) is 0 Å². The van der Waals surface area contributed by atoms with Crippen LogP contribution in [0.4, 0.5) is 0 Å². The van der Waals surface area contributed by atoms with Gasteiger partial charge in [-0.3, -0.25) is 0 Å². The minimum absolute atomic E-state index is 1.16. The van der Waals surface area contributed by atoms with Gasteiger partial charge in [0.1, 0.15) is 0 Å². The number of aromatic nitrogens is 1. The maximum absolute atomic E-state index is 2.66. The Hall–Kier alpha value is -1.54. The molecule has 1 aromatic heterocycles. The molecule has 0 atom stereocenters. The van der Waals surface area contributed by atoms with Gasteiger partial charge in [-0.1, -0.05) is 36.8 Å². The first kappa shape index (κ1) is 15.0. The fraction of sp³-hybridized carbons (Fsp3) is 0.524. The Labute approximate surface area is 139 Å². The van der Waals surface area contributed by atoms with Crippen molar-refractivity contribution < 1.29 is 0 Å². The quantitative estimate of drug-likeness (QED) is 0.770. The molecule has 2 heteroatoms. The smallest absolute Gasteiger partial charge is 0.0491 e. The van der Waals surface area contributed by atoms with E-state index in [-0.39, 0.29) is 0 Å². The van der Waals surface area contributed by atoms with E-state index >= 15 is 0 Å². The van der Waals surface area contributed by atoms with Crippen molar-refractivity contribution >= 4 is 23.1 Å². The fourth-order valence-electron chi connectivity index (χ4n) is 4.26. The SMILES string of the molecule is C1=c2c(n(CCCCN3CCCCC3)c3ccccc23)=CCC1. The zero-order chi connectivity index (χ0) is 15.5. The second kappa shape index (κ2) is 6.92. The molecule has 0 saturated carbocycles. The number of aryl methyl sites for hydroxylation is 1. The van der Waals surface area contributed by atoms with Gasteiger partial charge in [-0.25, -0.2) is 0 Å². The molecule has 0 spiro atoms. The van der Waals surface area contributed by atoms with Gasteiger partial charge in [0, 0.05) is 28.0 Å². The van der Waals surface area contributed by atoms with Crippen molar-refractivity contribution in [3.63, 3.8) is 0 Å². The first-order valence-corrected chi connectivity index (χ1v) is 9.43. The molecule has 2 nitrogen and oxygen atoms in total. The second-order valence-corrected chi connectivity index (χ2v) is 7.06. The number of nitrogens with zero attached hydrogens (tertiary/aromatic N) is 2. The molecule has 1 fully saturated rings. The minimum atomic E-state index is 1.16. The standard InChI is InChI=1S/C21H28N2/c1-6-14-22(15-7-1)16-8-9-17-23-20-12-4-2-10-18(20)19-11-3-5-13-21(19)23/h2,4,10-13H,1,3,5-9,14-17H2. The summed E-state index contributed by atoms with van der Waals surface area (Å²) in [5.74, 6) is 0. The minimum Gasteiger partial charge on any atom is -0.341 e. The Morgan fingerprint density at radius 3 is 2.52 bits per heavy atom. The molecule has 4 rings (SSSR count). The Kier molecular flexibility index (Phi) is 4.52. The summed E-state index contributed by atoms with van der Waals surface area (Å²) < 4.78 is 2.57. The molecule has 0 unspecified atom stereocenters. The highest BCUT2D eigenvalue weighted by molar-refractivity contribution is 5.82. The first-order valence-electron chi connectivity index (χ1n) is 9.43. The Morgan fingerprint density at radius 1 is 0.826 bits per heavy atom. The van der Waals surface area contributed by atoms with E-state index < -0.39 is 0 Å². The van der Waals surface area contributed by atoms with Crippen LogP contribution in [0.25, 0.3) is 23.1 Å². The topological polar surface area (TPSA) is 8.17 Å². The van der Waals surface area contributed by atoms with Gasteiger partial charge < -0.3 is 9.47 Å². The van der Waals surface area contributed by atoms with E-state index in [9.17, 15) is 0 Å². The number of likely N-dealkylation sites (tertiary alicyclic amines) is 1. The number of unbranched alkanes of at least 4 members (excludes halogenated alkanes) is 1. The van der Waals surface area contributed by atoms with E-state index in [2.05, 4.69) is 45.9 Å². The number of hydrogen-bond acceptors (Lipinski definition) is 1. The number of para-hydroxylation sites is 1. The second-order valence-electron chi connectivity index (χ2n) is 7.06. The normalized spacial score (nSPS) is 18.4. The maximum atomic E-state index is 2.66. The Morgan fingerprint density at radius 2 is 1.61 bits per heavy atom. The number of piperidine rings is 1. The predicted octanol–water partition coefficient (Wildman–Crippen LogP) is 3.26. The van der Waals surface area contributed by atoms with E-state index in [1.54, 1.807) is 0 Å². The highest BCUT2D eigenvalue weighted by atomic mass is 15.1.